The van der Waals surface area contributed by atoms with Crippen LogP contribution in [0.15, 0.2) is 72.7 Å². The highest BCUT2D eigenvalue weighted by atomic mass is 32.2. The molecule has 0 saturated heterocycles. The number of nitriles is 1. The lowest BCUT2D eigenvalue weighted by atomic mass is 10.2. The Bertz CT molecular complexity index is 1220. The average Bonchev–Trinajstić information content (AvgIpc) is 3.32. The maximum absolute atomic E-state index is 9.62. The van der Waals surface area contributed by atoms with Crippen molar-refractivity contribution >= 4 is 17.3 Å². The van der Waals surface area contributed by atoms with Gasteiger partial charge >= 0.3 is 0 Å². The molecule has 0 aliphatic rings. The number of thioether (sulfide) groups is 1. The van der Waals surface area contributed by atoms with Gasteiger partial charge in [0.1, 0.15) is 11.8 Å². The molecule has 0 radical (unpaired) electrons. The van der Waals surface area contributed by atoms with E-state index in [9.17, 15) is 5.26 Å². The van der Waals surface area contributed by atoms with E-state index in [2.05, 4.69) is 22.8 Å². The summed E-state index contributed by atoms with van der Waals surface area (Å²) in [7, 11) is 1.64. The number of methoxy groups -OCH3 is 1. The molecule has 1 aromatic carbocycles. The molecule has 0 saturated carbocycles. The number of hydrogen-bond acceptors (Lipinski definition) is 5. The van der Waals surface area contributed by atoms with E-state index in [1.54, 1.807) is 18.9 Å². The summed E-state index contributed by atoms with van der Waals surface area (Å²) >= 11 is 1.55. The van der Waals surface area contributed by atoms with Crippen molar-refractivity contribution in [3.05, 3.63) is 78.6 Å². The second-order valence-electron chi connectivity index (χ2n) is 6.33. The summed E-state index contributed by atoms with van der Waals surface area (Å²) in [6.07, 6.45) is 5.76. The van der Waals surface area contributed by atoms with Crippen molar-refractivity contribution < 1.29 is 4.74 Å². The molecule has 3 aromatic heterocycles. The SMILES string of the molecule is C=CCn1c(SCc2cn3ccccc3c2C#N)nnc1-c1ccccc1OC. The van der Waals surface area contributed by atoms with Crippen LogP contribution in [-0.2, 0) is 12.3 Å². The standard InChI is InChI=1S/C22H19N5OS/c1-3-11-27-21(17-8-4-5-10-20(17)28-2)24-25-22(27)29-15-16-14-26-12-7-6-9-19(26)18(16)13-23/h3-10,12,14H,1,11,15H2,2H3. The Morgan fingerprint density at radius 3 is 2.83 bits per heavy atom. The van der Waals surface area contributed by atoms with Crippen LogP contribution in [0.25, 0.3) is 16.9 Å². The van der Waals surface area contributed by atoms with Gasteiger partial charge in [-0.15, -0.1) is 16.8 Å². The maximum Gasteiger partial charge on any atom is 0.192 e. The Hall–Kier alpha value is -3.50. The van der Waals surface area contributed by atoms with E-state index >= 15 is 0 Å². The first-order valence-corrected chi connectivity index (χ1v) is 10.0. The number of benzene rings is 1. The minimum absolute atomic E-state index is 0.575. The van der Waals surface area contributed by atoms with Crippen LogP contribution in [0.4, 0.5) is 0 Å². The molecule has 0 spiro atoms. The first-order valence-electron chi connectivity index (χ1n) is 9.05. The molecule has 3 heterocycles. The van der Waals surface area contributed by atoms with Crippen molar-refractivity contribution in [2.24, 2.45) is 0 Å². The molecule has 0 unspecified atom stereocenters. The fraction of sp³-hybridized carbons (Fsp3) is 0.136. The van der Waals surface area contributed by atoms with Crippen LogP contribution in [0.2, 0.25) is 0 Å². The lowest BCUT2D eigenvalue weighted by Crippen LogP contribution is -2.01. The number of fused-ring (bicyclic) bond motifs is 1. The largest absolute Gasteiger partial charge is 0.496 e. The summed E-state index contributed by atoms with van der Waals surface area (Å²) in [4.78, 5) is 0. The predicted molar refractivity (Wildman–Crippen MR) is 114 cm³/mol. The van der Waals surface area contributed by atoms with Crippen LogP contribution in [-0.4, -0.2) is 26.3 Å². The number of hydrogen-bond donors (Lipinski definition) is 0. The number of allylic oxidation sites excluding steroid dienone is 1. The molecule has 4 aromatic rings. The molecular formula is C22H19N5OS. The fourth-order valence-electron chi connectivity index (χ4n) is 3.28. The first kappa shape index (κ1) is 18.8. The minimum atomic E-state index is 0.575. The zero-order valence-corrected chi connectivity index (χ0v) is 16.8. The number of rotatable bonds is 7. The molecule has 4 rings (SSSR count). The van der Waals surface area contributed by atoms with E-state index in [1.807, 2.05) is 69.9 Å². The van der Waals surface area contributed by atoms with E-state index in [-0.39, 0.29) is 0 Å². The van der Waals surface area contributed by atoms with Gasteiger partial charge in [0.15, 0.2) is 11.0 Å². The van der Waals surface area contributed by atoms with Gasteiger partial charge in [-0.2, -0.15) is 5.26 Å². The fourth-order valence-corrected chi connectivity index (χ4v) is 4.19. The van der Waals surface area contributed by atoms with Crippen molar-refractivity contribution in [3.63, 3.8) is 0 Å². The third kappa shape index (κ3) is 3.50. The molecule has 0 aliphatic carbocycles. The Balaban J connectivity index is 1.68. The average molecular weight is 401 g/mol. The highest BCUT2D eigenvalue weighted by Gasteiger charge is 2.18. The second kappa shape index (κ2) is 8.25. The van der Waals surface area contributed by atoms with Crippen molar-refractivity contribution in [3.8, 4) is 23.2 Å². The molecule has 144 valence electrons. The van der Waals surface area contributed by atoms with Crippen LogP contribution in [0.1, 0.15) is 11.1 Å². The Kier molecular flexibility index (Phi) is 5.36. The van der Waals surface area contributed by atoms with E-state index < -0.39 is 0 Å². The zero-order valence-electron chi connectivity index (χ0n) is 15.9. The van der Waals surface area contributed by atoms with Gasteiger partial charge in [0, 0.05) is 24.7 Å². The van der Waals surface area contributed by atoms with Crippen molar-refractivity contribution in [1.29, 1.82) is 5.26 Å². The van der Waals surface area contributed by atoms with Crippen molar-refractivity contribution in [2.75, 3.05) is 7.11 Å². The monoisotopic (exact) mass is 401 g/mol. The molecule has 0 amide bonds. The maximum atomic E-state index is 9.62. The lowest BCUT2D eigenvalue weighted by Gasteiger charge is -2.10. The minimum Gasteiger partial charge on any atom is -0.496 e. The molecule has 0 aliphatic heterocycles. The summed E-state index contributed by atoms with van der Waals surface area (Å²) in [6.45, 7) is 4.44. The number of pyridine rings is 1. The van der Waals surface area contributed by atoms with Crippen molar-refractivity contribution in [2.45, 2.75) is 17.5 Å². The van der Waals surface area contributed by atoms with Gasteiger partial charge < -0.3 is 9.14 Å². The number of nitrogens with zero attached hydrogens (tertiary/aromatic N) is 5. The molecular weight excluding hydrogens is 382 g/mol. The van der Waals surface area contributed by atoms with E-state index in [1.165, 1.54) is 0 Å². The molecule has 29 heavy (non-hydrogen) atoms. The molecule has 0 fully saturated rings. The van der Waals surface area contributed by atoms with Gasteiger partial charge in [0.2, 0.25) is 0 Å². The third-order valence-electron chi connectivity index (χ3n) is 4.61. The molecule has 0 bridgehead atoms. The summed E-state index contributed by atoms with van der Waals surface area (Å²) in [5.74, 6) is 2.09. The van der Waals surface area contributed by atoms with Crippen molar-refractivity contribution in [1.82, 2.24) is 19.2 Å². The van der Waals surface area contributed by atoms with Crippen LogP contribution in [0, 0.1) is 11.3 Å². The Morgan fingerprint density at radius 2 is 2.03 bits per heavy atom. The summed E-state index contributed by atoms with van der Waals surface area (Å²) in [6, 6.07) is 15.9. The number of ether oxygens (including phenoxy) is 1. The summed E-state index contributed by atoms with van der Waals surface area (Å²) in [5, 5.41) is 19.2. The first-order chi connectivity index (χ1) is 14.3. The topological polar surface area (TPSA) is 68.1 Å². The Morgan fingerprint density at radius 1 is 1.21 bits per heavy atom. The smallest absolute Gasteiger partial charge is 0.192 e. The molecule has 0 atom stereocenters. The van der Waals surface area contributed by atoms with Crippen LogP contribution >= 0.6 is 11.8 Å². The predicted octanol–water partition coefficient (Wildman–Crippen LogP) is 4.56. The Labute approximate surface area is 173 Å². The van der Waals surface area contributed by atoms with Crippen LogP contribution in [0.3, 0.4) is 0 Å². The zero-order chi connectivity index (χ0) is 20.2. The summed E-state index contributed by atoms with van der Waals surface area (Å²) in [5.41, 5.74) is 3.45. The van der Waals surface area contributed by atoms with E-state index in [0.29, 0.717) is 17.9 Å². The van der Waals surface area contributed by atoms with Gasteiger partial charge in [-0.05, 0) is 29.8 Å². The molecule has 0 N–H and O–H groups in total. The normalized spacial score (nSPS) is 10.8. The molecule has 7 heteroatoms. The van der Waals surface area contributed by atoms with Crippen LogP contribution < -0.4 is 4.74 Å². The van der Waals surface area contributed by atoms with Gasteiger partial charge in [-0.1, -0.05) is 36.0 Å². The third-order valence-corrected chi connectivity index (χ3v) is 5.62. The van der Waals surface area contributed by atoms with E-state index in [0.717, 1.165) is 33.4 Å². The lowest BCUT2D eigenvalue weighted by molar-refractivity contribution is 0.416. The van der Waals surface area contributed by atoms with Gasteiger partial charge in [-0.3, -0.25) is 4.57 Å². The second-order valence-corrected chi connectivity index (χ2v) is 7.27. The van der Waals surface area contributed by atoms with E-state index in [4.69, 9.17) is 4.74 Å². The number of para-hydroxylation sites is 1. The van der Waals surface area contributed by atoms with Gasteiger partial charge in [-0.25, -0.2) is 0 Å². The molecule has 6 nitrogen and oxygen atoms in total. The van der Waals surface area contributed by atoms with Gasteiger partial charge in [0.25, 0.3) is 0 Å². The highest BCUT2D eigenvalue weighted by Crippen LogP contribution is 2.32. The quantitative estimate of drug-likeness (QED) is 0.335. The van der Waals surface area contributed by atoms with Gasteiger partial charge in [0.05, 0.1) is 23.8 Å². The van der Waals surface area contributed by atoms with Crippen LogP contribution in [0.5, 0.6) is 5.75 Å². The highest BCUT2D eigenvalue weighted by molar-refractivity contribution is 7.98. The summed E-state index contributed by atoms with van der Waals surface area (Å²) < 4.78 is 9.47. The number of aromatic nitrogens is 4.